The smallest absolute Gasteiger partial charge is 0.163 e. The Balaban J connectivity index is 2.02. The number of ketones is 1. The van der Waals surface area contributed by atoms with Gasteiger partial charge in [0, 0.05) is 12.0 Å². The molecule has 0 bridgehead atoms. The molecule has 0 amide bonds. The highest BCUT2D eigenvalue weighted by Gasteiger charge is 2.31. The average Bonchev–Trinajstić information content (AvgIpc) is 2.53. The molecule has 0 saturated heterocycles. The van der Waals surface area contributed by atoms with Crippen molar-refractivity contribution in [1.29, 1.82) is 0 Å². The SMILES string of the molecule is O=C1CC[C@@H]2CCc3c4ccccc4cc4ccc1c2c34. The second kappa shape index (κ2) is 3.94. The van der Waals surface area contributed by atoms with Crippen molar-refractivity contribution in [3.8, 4) is 0 Å². The van der Waals surface area contributed by atoms with Crippen LogP contribution in [0.1, 0.15) is 46.7 Å². The lowest BCUT2D eigenvalue weighted by Gasteiger charge is -2.32. The van der Waals surface area contributed by atoms with Crippen molar-refractivity contribution in [2.45, 2.75) is 31.6 Å². The van der Waals surface area contributed by atoms with Crippen LogP contribution in [0.4, 0.5) is 0 Å². The van der Waals surface area contributed by atoms with E-state index in [0.717, 1.165) is 24.8 Å². The molecule has 1 nitrogen and oxygen atoms in total. The Morgan fingerprint density at radius 3 is 2.71 bits per heavy atom. The van der Waals surface area contributed by atoms with E-state index in [2.05, 4.69) is 42.5 Å². The highest BCUT2D eigenvalue weighted by Crippen LogP contribution is 2.46. The van der Waals surface area contributed by atoms with Gasteiger partial charge in [0.25, 0.3) is 0 Å². The van der Waals surface area contributed by atoms with Crippen molar-refractivity contribution in [2.24, 2.45) is 0 Å². The standard InChI is InChI=1S/C20H16O/c21-18-10-7-12-5-8-16-15-4-2-1-3-13(15)11-14-6-9-17(18)19(12)20(14)16/h1-4,6,9,11-12H,5,7-8,10H2/t12-/m0/s1. The minimum Gasteiger partial charge on any atom is -0.294 e. The summed E-state index contributed by atoms with van der Waals surface area (Å²) in [5, 5.41) is 5.38. The fraction of sp³-hybridized carbons (Fsp3) is 0.250. The van der Waals surface area contributed by atoms with Gasteiger partial charge >= 0.3 is 0 Å². The van der Waals surface area contributed by atoms with Crippen LogP contribution in [0.3, 0.4) is 0 Å². The van der Waals surface area contributed by atoms with Gasteiger partial charge < -0.3 is 0 Å². The Bertz CT molecular complexity index is 920. The zero-order valence-corrected chi connectivity index (χ0v) is 11.9. The molecule has 0 spiro atoms. The molecule has 0 N–H and O–H groups in total. The van der Waals surface area contributed by atoms with Crippen LogP contribution in [0.2, 0.25) is 0 Å². The van der Waals surface area contributed by atoms with Crippen LogP contribution >= 0.6 is 0 Å². The van der Waals surface area contributed by atoms with Crippen LogP contribution in [0.15, 0.2) is 42.5 Å². The molecule has 1 heteroatoms. The van der Waals surface area contributed by atoms with E-state index >= 15 is 0 Å². The molecule has 3 aromatic carbocycles. The van der Waals surface area contributed by atoms with E-state index in [0.29, 0.717) is 11.7 Å². The number of carbonyl (C=O) groups excluding carboxylic acids is 1. The quantitative estimate of drug-likeness (QED) is 0.526. The topological polar surface area (TPSA) is 17.1 Å². The Kier molecular flexibility index (Phi) is 2.16. The molecule has 0 aromatic heterocycles. The molecule has 0 saturated carbocycles. The number of carbonyl (C=O) groups is 1. The Labute approximate surface area is 123 Å². The molecule has 21 heavy (non-hydrogen) atoms. The van der Waals surface area contributed by atoms with Crippen molar-refractivity contribution >= 4 is 27.3 Å². The number of hydrogen-bond donors (Lipinski definition) is 0. The summed E-state index contributed by atoms with van der Waals surface area (Å²) in [6, 6.07) is 15.2. The van der Waals surface area contributed by atoms with Gasteiger partial charge in [-0.2, -0.15) is 0 Å². The van der Waals surface area contributed by atoms with Crippen molar-refractivity contribution in [1.82, 2.24) is 0 Å². The predicted octanol–water partition coefficient (Wildman–Crippen LogP) is 5.00. The van der Waals surface area contributed by atoms with E-state index < -0.39 is 0 Å². The lowest BCUT2D eigenvalue weighted by Crippen LogP contribution is -2.20. The van der Waals surface area contributed by atoms with Gasteiger partial charge in [-0.25, -0.2) is 0 Å². The predicted molar refractivity (Wildman–Crippen MR) is 86.1 cm³/mol. The molecule has 0 unspecified atom stereocenters. The van der Waals surface area contributed by atoms with Gasteiger partial charge in [0.1, 0.15) is 0 Å². The highest BCUT2D eigenvalue weighted by molar-refractivity contribution is 6.10. The fourth-order valence-electron chi connectivity index (χ4n) is 4.41. The van der Waals surface area contributed by atoms with E-state index in [-0.39, 0.29) is 0 Å². The summed E-state index contributed by atoms with van der Waals surface area (Å²) in [6.07, 6.45) is 4.11. The Morgan fingerprint density at radius 1 is 0.905 bits per heavy atom. The van der Waals surface area contributed by atoms with Gasteiger partial charge in [-0.15, -0.1) is 0 Å². The molecule has 0 fully saturated rings. The summed E-state index contributed by atoms with van der Waals surface area (Å²) in [7, 11) is 0. The number of aryl methyl sites for hydroxylation is 1. The highest BCUT2D eigenvalue weighted by atomic mass is 16.1. The number of benzene rings is 3. The Morgan fingerprint density at radius 2 is 1.76 bits per heavy atom. The Hall–Kier alpha value is -2.15. The maximum Gasteiger partial charge on any atom is 0.163 e. The molecule has 0 heterocycles. The molecule has 1 atom stereocenters. The molecule has 0 radical (unpaired) electrons. The third-order valence-electron chi connectivity index (χ3n) is 5.35. The summed E-state index contributed by atoms with van der Waals surface area (Å²) in [5.74, 6) is 0.930. The maximum absolute atomic E-state index is 12.3. The first kappa shape index (κ1) is 11.5. The van der Waals surface area contributed by atoms with Gasteiger partial charge in [0.15, 0.2) is 5.78 Å². The van der Waals surface area contributed by atoms with Crippen LogP contribution in [-0.2, 0) is 6.42 Å². The summed E-state index contributed by atoms with van der Waals surface area (Å²) in [4.78, 5) is 12.3. The monoisotopic (exact) mass is 272 g/mol. The third-order valence-corrected chi connectivity index (χ3v) is 5.35. The molecule has 5 rings (SSSR count). The van der Waals surface area contributed by atoms with Gasteiger partial charge in [0.05, 0.1) is 0 Å². The lowest BCUT2D eigenvalue weighted by molar-refractivity contribution is 0.0966. The molecular formula is C20H16O. The first-order valence-corrected chi connectivity index (χ1v) is 7.83. The number of Topliss-reactive ketones (excluding diaryl/α,β-unsaturated/α-hetero) is 1. The molecule has 102 valence electrons. The van der Waals surface area contributed by atoms with Gasteiger partial charge in [-0.3, -0.25) is 4.79 Å². The summed E-state index contributed by atoms with van der Waals surface area (Å²) in [6.45, 7) is 0. The van der Waals surface area contributed by atoms with Gasteiger partial charge in [-0.1, -0.05) is 36.4 Å². The van der Waals surface area contributed by atoms with Crippen LogP contribution < -0.4 is 0 Å². The van der Waals surface area contributed by atoms with Crippen LogP contribution in [0.25, 0.3) is 21.5 Å². The lowest BCUT2D eigenvalue weighted by atomic mass is 9.71. The van der Waals surface area contributed by atoms with Gasteiger partial charge in [-0.05, 0) is 63.9 Å². The minimum absolute atomic E-state index is 0.337. The molecule has 2 aliphatic carbocycles. The summed E-state index contributed by atoms with van der Waals surface area (Å²) in [5.41, 5.74) is 3.82. The fourth-order valence-corrected chi connectivity index (χ4v) is 4.41. The van der Waals surface area contributed by atoms with Crippen molar-refractivity contribution < 1.29 is 4.79 Å². The maximum atomic E-state index is 12.3. The van der Waals surface area contributed by atoms with Crippen LogP contribution in [0.5, 0.6) is 0 Å². The summed E-state index contributed by atoms with van der Waals surface area (Å²) < 4.78 is 0. The molecule has 2 aliphatic rings. The van der Waals surface area contributed by atoms with Crippen LogP contribution in [0, 0.1) is 0 Å². The number of fused-ring (bicyclic) bond motifs is 2. The average molecular weight is 272 g/mol. The van der Waals surface area contributed by atoms with Crippen molar-refractivity contribution in [3.05, 3.63) is 59.2 Å². The molecular weight excluding hydrogens is 256 g/mol. The normalized spacial score (nSPS) is 20.2. The van der Waals surface area contributed by atoms with E-state index in [1.165, 1.54) is 39.1 Å². The molecule has 0 aliphatic heterocycles. The molecule has 3 aromatic rings. The second-order valence-electron chi connectivity index (χ2n) is 6.40. The van der Waals surface area contributed by atoms with Crippen molar-refractivity contribution in [3.63, 3.8) is 0 Å². The first-order chi connectivity index (χ1) is 10.3. The van der Waals surface area contributed by atoms with E-state index in [9.17, 15) is 4.79 Å². The number of hydrogen-bond acceptors (Lipinski definition) is 1. The summed E-state index contributed by atoms with van der Waals surface area (Å²) >= 11 is 0. The van der Waals surface area contributed by atoms with E-state index in [4.69, 9.17) is 0 Å². The van der Waals surface area contributed by atoms with Crippen LogP contribution in [-0.4, -0.2) is 5.78 Å². The number of rotatable bonds is 0. The minimum atomic E-state index is 0.337. The zero-order chi connectivity index (χ0) is 14.0. The first-order valence-electron chi connectivity index (χ1n) is 7.83. The van der Waals surface area contributed by atoms with Crippen molar-refractivity contribution in [2.75, 3.05) is 0 Å². The van der Waals surface area contributed by atoms with Gasteiger partial charge in [0.2, 0.25) is 0 Å². The third kappa shape index (κ3) is 1.44. The zero-order valence-electron chi connectivity index (χ0n) is 11.9. The largest absolute Gasteiger partial charge is 0.294 e. The van der Waals surface area contributed by atoms with E-state index in [1.807, 2.05) is 0 Å². The van der Waals surface area contributed by atoms with E-state index in [1.54, 1.807) is 0 Å². The second-order valence-corrected chi connectivity index (χ2v) is 6.40.